The summed E-state index contributed by atoms with van der Waals surface area (Å²) in [5, 5.41) is 51.3. The van der Waals surface area contributed by atoms with Crippen LogP contribution in [0.15, 0.2) is 48.7 Å². The number of benzene rings is 1. The number of ether oxygens (including phenoxy) is 1. The fraction of sp³-hybridized carbons (Fsp3) is 0.318. The monoisotopic (exact) mass is 481 g/mol. The van der Waals surface area contributed by atoms with Crippen molar-refractivity contribution in [2.45, 2.75) is 36.6 Å². The fourth-order valence-corrected chi connectivity index (χ4v) is 4.87. The van der Waals surface area contributed by atoms with Crippen LogP contribution in [0.2, 0.25) is 5.02 Å². The molecule has 2 aromatic heterocycles. The molecule has 5 atom stereocenters. The zero-order chi connectivity index (χ0) is 23.0. The molecule has 3 aromatic rings. The Labute approximate surface area is 192 Å². The summed E-state index contributed by atoms with van der Waals surface area (Å²) in [4.78, 5) is 5.49. The highest BCUT2D eigenvalue weighted by molar-refractivity contribution is 7.15. The number of hydrogen-bond acceptors (Lipinski definition) is 8. The Balaban J connectivity index is 1.61. The quantitative estimate of drug-likeness (QED) is 0.352. The summed E-state index contributed by atoms with van der Waals surface area (Å²) >= 11 is 7.83. The summed E-state index contributed by atoms with van der Waals surface area (Å²) in [5.74, 6) is -2.91. The molecule has 1 aromatic carbocycles. The third-order valence-electron chi connectivity index (χ3n) is 5.46. The van der Waals surface area contributed by atoms with Crippen LogP contribution in [-0.4, -0.2) is 61.5 Å². The van der Waals surface area contributed by atoms with Crippen LogP contribution in [0.1, 0.15) is 16.0 Å². The van der Waals surface area contributed by atoms with Crippen molar-refractivity contribution >= 4 is 22.9 Å². The Kier molecular flexibility index (Phi) is 6.62. The summed E-state index contributed by atoms with van der Waals surface area (Å²) in [6.45, 7) is -0.663. The lowest BCUT2D eigenvalue weighted by atomic mass is 9.87. The Morgan fingerprint density at radius 2 is 1.88 bits per heavy atom. The number of pyridine rings is 1. The van der Waals surface area contributed by atoms with Crippen LogP contribution in [0.5, 0.6) is 0 Å². The van der Waals surface area contributed by atoms with E-state index in [0.29, 0.717) is 17.0 Å². The first kappa shape index (κ1) is 23.2. The van der Waals surface area contributed by atoms with E-state index in [1.165, 1.54) is 35.7 Å². The number of aliphatic hydroxyl groups is 5. The van der Waals surface area contributed by atoms with Crippen molar-refractivity contribution in [3.05, 3.63) is 75.6 Å². The summed E-state index contributed by atoms with van der Waals surface area (Å²) in [6, 6.07) is 11.2. The van der Waals surface area contributed by atoms with E-state index in [9.17, 15) is 29.9 Å². The molecule has 1 fully saturated rings. The minimum Gasteiger partial charge on any atom is -0.394 e. The van der Waals surface area contributed by atoms with Crippen LogP contribution >= 0.6 is 22.9 Å². The van der Waals surface area contributed by atoms with Crippen molar-refractivity contribution in [1.29, 1.82) is 0 Å². The van der Waals surface area contributed by atoms with Gasteiger partial charge in [-0.15, -0.1) is 11.3 Å². The van der Waals surface area contributed by atoms with Gasteiger partial charge in [0.25, 0.3) is 0 Å². The van der Waals surface area contributed by atoms with Crippen molar-refractivity contribution in [2.24, 2.45) is 0 Å². The van der Waals surface area contributed by atoms with Gasteiger partial charge in [-0.05, 0) is 42.0 Å². The topological polar surface area (TPSA) is 123 Å². The first-order chi connectivity index (χ1) is 15.2. The molecule has 0 bridgehead atoms. The first-order valence-electron chi connectivity index (χ1n) is 9.77. The van der Waals surface area contributed by atoms with E-state index in [0.717, 1.165) is 15.3 Å². The highest BCUT2D eigenvalue weighted by Gasteiger charge is 2.53. The Hall–Kier alpha value is -1.95. The second kappa shape index (κ2) is 9.12. The van der Waals surface area contributed by atoms with Gasteiger partial charge >= 0.3 is 0 Å². The number of nitrogens with zero attached hydrogens (tertiary/aromatic N) is 1. The van der Waals surface area contributed by atoms with Gasteiger partial charge in [0.1, 0.15) is 24.4 Å². The predicted octanol–water partition coefficient (Wildman–Crippen LogP) is 1.81. The van der Waals surface area contributed by atoms with Crippen molar-refractivity contribution < 1.29 is 34.7 Å². The van der Waals surface area contributed by atoms with Gasteiger partial charge in [0.05, 0.1) is 6.61 Å². The van der Waals surface area contributed by atoms with Gasteiger partial charge in [-0.3, -0.25) is 0 Å². The summed E-state index contributed by atoms with van der Waals surface area (Å²) < 4.78 is 18.5. The highest BCUT2D eigenvalue weighted by atomic mass is 35.5. The van der Waals surface area contributed by atoms with E-state index in [1.807, 2.05) is 12.1 Å². The molecular formula is C22H21ClFNO6S. The van der Waals surface area contributed by atoms with Crippen molar-refractivity contribution in [2.75, 3.05) is 6.61 Å². The maximum absolute atomic E-state index is 13.1. The Morgan fingerprint density at radius 3 is 2.56 bits per heavy atom. The van der Waals surface area contributed by atoms with Gasteiger partial charge in [-0.25, -0.2) is 4.98 Å². The molecule has 1 aliphatic rings. The molecule has 0 aliphatic carbocycles. The minimum absolute atomic E-state index is 0.119. The lowest BCUT2D eigenvalue weighted by Crippen LogP contribution is -2.63. The molecular weight excluding hydrogens is 461 g/mol. The SMILES string of the molecule is OC[C@H]1O[C@@](O)(c2ccc(Cl)c(Cc3ccc(-c4ccc(F)nc4)s3)c2)[C@H](O)[C@@H](O)[C@@H]1O. The molecule has 32 heavy (non-hydrogen) atoms. The molecule has 10 heteroatoms. The maximum Gasteiger partial charge on any atom is 0.222 e. The average Bonchev–Trinajstić information content (AvgIpc) is 3.25. The number of halogens is 2. The lowest BCUT2D eigenvalue weighted by Gasteiger charge is -2.45. The summed E-state index contributed by atoms with van der Waals surface area (Å²) in [6.07, 6.45) is -4.59. The van der Waals surface area contributed by atoms with Crippen LogP contribution < -0.4 is 0 Å². The van der Waals surface area contributed by atoms with Crippen LogP contribution in [0, 0.1) is 5.95 Å². The van der Waals surface area contributed by atoms with Crippen molar-refractivity contribution in [3.63, 3.8) is 0 Å². The van der Waals surface area contributed by atoms with Crippen LogP contribution in [0.3, 0.4) is 0 Å². The molecule has 7 nitrogen and oxygen atoms in total. The molecule has 3 heterocycles. The normalized spacial score (nSPS) is 28.1. The zero-order valence-electron chi connectivity index (χ0n) is 16.6. The third-order valence-corrected chi connectivity index (χ3v) is 6.97. The Morgan fingerprint density at radius 1 is 1.09 bits per heavy atom. The van der Waals surface area contributed by atoms with E-state index in [2.05, 4.69) is 4.98 Å². The average molecular weight is 482 g/mol. The number of thiophene rings is 1. The van der Waals surface area contributed by atoms with Crippen LogP contribution in [-0.2, 0) is 16.9 Å². The maximum atomic E-state index is 13.1. The van der Waals surface area contributed by atoms with Crippen molar-refractivity contribution in [1.82, 2.24) is 4.98 Å². The second-order valence-electron chi connectivity index (χ2n) is 7.58. The molecule has 0 spiro atoms. The first-order valence-corrected chi connectivity index (χ1v) is 11.0. The third kappa shape index (κ3) is 4.30. The van der Waals surface area contributed by atoms with Gasteiger partial charge in [0.2, 0.25) is 11.7 Å². The van der Waals surface area contributed by atoms with E-state index < -0.39 is 42.8 Å². The van der Waals surface area contributed by atoms with Gasteiger partial charge in [0.15, 0.2) is 0 Å². The molecule has 0 saturated carbocycles. The van der Waals surface area contributed by atoms with Gasteiger partial charge in [-0.2, -0.15) is 4.39 Å². The zero-order valence-corrected chi connectivity index (χ0v) is 18.2. The molecule has 1 aliphatic heterocycles. The lowest BCUT2D eigenvalue weighted by molar-refractivity contribution is -0.357. The fourth-order valence-electron chi connectivity index (χ4n) is 3.66. The van der Waals surface area contributed by atoms with E-state index in [4.69, 9.17) is 16.3 Å². The van der Waals surface area contributed by atoms with Crippen LogP contribution in [0.4, 0.5) is 4.39 Å². The predicted molar refractivity (Wildman–Crippen MR) is 116 cm³/mol. The van der Waals surface area contributed by atoms with Gasteiger partial charge in [-0.1, -0.05) is 17.7 Å². The molecule has 4 rings (SSSR count). The number of rotatable bonds is 5. The smallest absolute Gasteiger partial charge is 0.222 e. The van der Waals surface area contributed by atoms with E-state index in [-0.39, 0.29) is 5.56 Å². The number of hydrogen-bond donors (Lipinski definition) is 5. The molecule has 170 valence electrons. The molecule has 0 amide bonds. The standard InChI is InChI=1S/C22H21ClFNO6S/c23-15-4-2-13(22(30)21(29)20(28)19(27)16(10-26)31-22)7-12(15)8-14-3-5-17(32-14)11-1-6-18(24)25-9-11/h1-7,9,16,19-21,26-30H,8,10H2/t16-,19-,20+,21-,22+/m1/s1. The molecule has 0 unspecified atom stereocenters. The van der Waals surface area contributed by atoms with E-state index in [1.54, 1.807) is 12.1 Å². The van der Waals surface area contributed by atoms with Gasteiger partial charge in [0, 0.05) is 38.5 Å². The second-order valence-corrected chi connectivity index (χ2v) is 9.16. The summed E-state index contributed by atoms with van der Waals surface area (Å²) in [5.41, 5.74) is 1.52. The number of aromatic nitrogens is 1. The molecule has 1 saturated heterocycles. The number of aliphatic hydroxyl groups excluding tert-OH is 4. The van der Waals surface area contributed by atoms with Crippen molar-refractivity contribution in [3.8, 4) is 10.4 Å². The van der Waals surface area contributed by atoms with Gasteiger partial charge < -0.3 is 30.3 Å². The van der Waals surface area contributed by atoms with Crippen LogP contribution in [0.25, 0.3) is 10.4 Å². The highest BCUT2D eigenvalue weighted by Crippen LogP contribution is 2.38. The summed E-state index contributed by atoms with van der Waals surface area (Å²) in [7, 11) is 0. The largest absolute Gasteiger partial charge is 0.394 e. The minimum atomic E-state index is -2.36. The van der Waals surface area contributed by atoms with E-state index >= 15 is 0 Å². The molecule has 0 radical (unpaired) electrons. The molecule has 5 N–H and O–H groups in total. The Bertz CT molecular complexity index is 1090.